The van der Waals surface area contributed by atoms with Crippen molar-refractivity contribution in [2.75, 3.05) is 26.3 Å². The lowest BCUT2D eigenvalue weighted by atomic mass is 10.1. The highest BCUT2D eigenvalue weighted by atomic mass is 19.2. The Morgan fingerprint density at radius 1 is 1.47 bits per heavy atom. The first-order chi connectivity index (χ1) is 9.16. The fourth-order valence-corrected chi connectivity index (χ4v) is 1.91. The van der Waals surface area contributed by atoms with E-state index in [9.17, 15) is 13.6 Å². The summed E-state index contributed by atoms with van der Waals surface area (Å²) in [5.41, 5.74) is 0.0605. The highest BCUT2D eigenvalue weighted by Crippen LogP contribution is 2.11. The lowest BCUT2D eigenvalue weighted by Crippen LogP contribution is -2.48. The van der Waals surface area contributed by atoms with E-state index in [2.05, 4.69) is 10.6 Å². The molecular weight excluding hydrogens is 254 g/mol. The normalized spacial score (nSPS) is 19.2. The zero-order valence-electron chi connectivity index (χ0n) is 10.4. The molecule has 0 radical (unpaired) electrons. The first-order valence-corrected chi connectivity index (χ1v) is 6.17. The average Bonchev–Trinajstić information content (AvgIpc) is 2.43. The smallest absolute Gasteiger partial charge is 0.224 e. The van der Waals surface area contributed by atoms with E-state index in [-0.39, 0.29) is 23.9 Å². The molecule has 1 aromatic rings. The predicted octanol–water partition coefficient (Wildman–Crippen LogP) is 0.612. The van der Waals surface area contributed by atoms with Crippen LogP contribution < -0.4 is 10.6 Å². The van der Waals surface area contributed by atoms with E-state index in [1.165, 1.54) is 12.1 Å². The van der Waals surface area contributed by atoms with Crippen LogP contribution in [0, 0.1) is 11.6 Å². The number of rotatable bonds is 4. The van der Waals surface area contributed by atoms with Crippen molar-refractivity contribution in [3.63, 3.8) is 0 Å². The Labute approximate surface area is 110 Å². The number of carbonyl (C=O) groups excluding carboxylic acids is 1. The van der Waals surface area contributed by atoms with Crippen LogP contribution in [0.1, 0.15) is 5.56 Å². The first kappa shape index (κ1) is 13.9. The summed E-state index contributed by atoms with van der Waals surface area (Å²) in [4.78, 5) is 11.6. The van der Waals surface area contributed by atoms with Gasteiger partial charge in [-0.3, -0.25) is 4.79 Å². The molecule has 2 N–H and O–H groups in total. The van der Waals surface area contributed by atoms with Crippen molar-refractivity contribution in [1.82, 2.24) is 10.6 Å². The predicted molar refractivity (Wildman–Crippen MR) is 65.7 cm³/mol. The lowest BCUT2D eigenvalue weighted by Gasteiger charge is -2.23. The van der Waals surface area contributed by atoms with Gasteiger partial charge in [0.15, 0.2) is 11.6 Å². The van der Waals surface area contributed by atoms with Crippen LogP contribution >= 0.6 is 0 Å². The molecule has 1 aliphatic rings. The van der Waals surface area contributed by atoms with Crippen molar-refractivity contribution >= 4 is 5.91 Å². The topological polar surface area (TPSA) is 50.4 Å². The molecule has 6 heteroatoms. The maximum absolute atomic E-state index is 13.4. The Kier molecular flexibility index (Phi) is 4.81. The van der Waals surface area contributed by atoms with Crippen LogP contribution in [0.5, 0.6) is 0 Å². The van der Waals surface area contributed by atoms with Crippen LogP contribution in [0.4, 0.5) is 8.78 Å². The monoisotopic (exact) mass is 270 g/mol. The summed E-state index contributed by atoms with van der Waals surface area (Å²) in [6.07, 6.45) is -0.169. The van der Waals surface area contributed by atoms with Crippen LogP contribution in [0.15, 0.2) is 18.2 Å². The number of morpholine rings is 1. The van der Waals surface area contributed by atoms with Gasteiger partial charge in [0.1, 0.15) is 0 Å². The van der Waals surface area contributed by atoms with E-state index in [1.54, 1.807) is 0 Å². The summed E-state index contributed by atoms with van der Waals surface area (Å²) in [7, 11) is 0. The van der Waals surface area contributed by atoms with Crippen molar-refractivity contribution in [3.8, 4) is 0 Å². The lowest BCUT2D eigenvalue weighted by molar-refractivity contribution is -0.120. The van der Waals surface area contributed by atoms with E-state index in [4.69, 9.17) is 4.74 Å². The molecule has 1 atom stereocenters. The zero-order chi connectivity index (χ0) is 13.7. The second kappa shape index (κ2) is 6.58. The third-order valence-electron chi connectivity index (χ3n) is 2.93. The molecule has 2 rings (SSSR count). The van der Waals surface area contributed by atoms with E-state index in [0.29, 0.717) is 19.8 Å². The van der Waals surface area contributed by atoms with Crippen LogP contribution in [0.2, 0.25) is 0 Å². The van der Waals surface area contributed by atoms with Gasteiger partial charge < -0.3 is 15.4 Å². The van der Waals surface area contributed by atoms with Crippen LogP contribution in [-0.2, 0) is 16.0 Å². The average molecular weight is 270 g/mol. The third kappa shape index (κ3) is 3.97. The SMILES string of the molecule is O=C(Cc1cccc(F)c1F)NCC1COCCN1. The van der Waals surface area contributed by atoms with Crippen LogP contribution in [0.3, 0.4) is 0 Å². The minimum Gasteiger partial charge on any atom is -0.378 e. The van der Waals surface area contributed by atoms with Gasteiger partial charge in [-0.2, -0.15) is 0 Å². The van der Waals surface area contributed by atoms with E-state index >= 15 is 0 Å². The molecule has 0 saturated carbocycles. The summed E-state index contributed by atoms with van der Waals surface area (Å²) in [6.45, 7) is 2.36. The van der Waals surface area contributed by atoms with Gasteiger partial charge in [0.25, 0.3) is 0 Å². The van der Waals surface area contributed by atoms with Gasteiger partial charge in [0.2, 0.25) is 5.91 Å². The molecule has 0 spiro atoms. The van der Waals surface area contributed by atoms with Gasteiger partial charge in [0, 0.05) is 24.7 Å². The molecule has 0 aromatic heterocycles. The van der Waals surface area contributed by atoms with Gasteiger partial charge in [-0.15, -0.1) is 0 Å². The van der Waals surface area contributed by atoms with Crippen molar-refractivity contribution in [1.29, 1.82) is 0 Å². The van der Waals surface area contributed by atoms with Crippen molar-refractivity contribution in [2.24, 2.45) is 0 Å². The maximum atomic E-state index is 13.4. The molecule has 0 bridgehead atoms. The summed E-state index contributed by atoms with van der Waals surface area (Å²) < 4.78 is 31.6. The Balaban J connectivity index is 1.82. The molecule has 1 aliphatic heterocycles. The molecule has 1 fully saturated rings. The Morgan fingerprint density at radius 2 is 2.32 bits per heavy atom. The first-order valence-electron chi connectivity index (χ1n) is 6.17. The summed E-state index contributed by atoms with van der Waals surface area (Å²) >= 11 is 0. The number of ether oxygens (including phenoxy) is 1. The highest BCUT2D eigenvalue weighted by Gasteiger charge is 2.15. The largest absolute Gasteiger partial charge is 0.378 e. The maximum Gasteiger partial charge on any atom is 0.224 e. The van der Waals surface area contributed by atoms with Crippen molar-refractivity contribution in [3.05, 3.63) is 35.4 Å². The quantitative estimate of drug-likeness (QED) is 0.843. The molecule has 19 heavy (non-hydrogen) atoms. The van der Waals surface area contributed by atoms with E-state index in [1.807, 2.05) is 0 Å². The molecule has 104 valence electrons. The van der Waals surface area contributed by atoms with Gasteiger partial charge in [-0.05, 0) is 6.07 Å². The molecule has 1 unspecified atom stereocenters. The van der Waals surface area contributed by atoms with Crippen molar-refractivity contribution < 1.29 is 18.3 Å². The highest BCUT2D eigenvalue weighted by molar-refractivity contribution is 5.78. The van der Waals surface area contributed by atoms with Gasteiger partial charge in [-0.1, -0.05) is 12.1 Å². The van der Waals surface area contributed by atoms with Gasteiger partial charge in [-0.25, -0.2) is 8.78 Å². The molecule has 1 amide bonds. The number of benzene rings is 1. The molecule has 0 aliphatic carbocycles. The molecule has 1 saturated heterocycles. The summed E-state index contributed by atoms with van der Waals surface area (Å²) in [6, 6.07) is 3.88. The molecule has 1 heterocycles. The van der Waals surface area contributed by atoms with Crippen LogP contribution in [0.25, 0.3) is 0 Å². The number of halogens is 2. The Morgan fingerprint density at radius 3 is 3.05 bits per heavy atom. The minimum atomic E-state index is -0.961. The Bertz CT molecular complexity index is 448. The summed E-state index contributed by atoms with van der Waals surface area (Å²) in [5.74, 6) is -2.23. The standard InChI is InChI=1S/C13H16F2N2O2/c14-11-3-1-2-9(13(11)15)6-12(18)17-7-10-8-19-5-4-16-10/h1-3,10,16H,4-8H2,(H,17,18). The zero-order valence-corrected chi connectivity index (χ0v) is 10.4. The van der Waals surface area contributed by atoms with Crippen LogP contribution in [-0.4, -0.2) is 38.3 Å². The van der Waals surface area contributed by atoms with Crippen molar-refractivity contribution in [2.45, 2.75) is 12.5 Å². The number of hydrogen-bond acceptors (Lipinski definition) is 3. The number of nitrogens with one attached hydrogen (secondary N) is 2. The van der Waals surface area contributed by atoms with E-state index < -0.39 is 11.6 Å². The second-order valence-electron chi connectivity index (χ2n) is 4.42. The molecule has 4 nitrogen and oxygen atoms in total. The summed E-state index contributed by atoms with van der Waals surface area (Å²) in [5, 5.41) is 5.86. The second-order valence-corrected chi connectivity index (χ2v) is 4.42. The van der Waals surface area contributed by atoms with Gasteiger partial charge >= 0.3 is 0 Å². The molecular formula is C13H16F2N2O2. The third-order valence-corrected chi connectivity index (χ3v) is 2.93. The number of carbonyl (C=O) groups is 1. The minimum absolute atomic E-state index is 0.0605. The van der Waals surface area contributed by atoms with E-state index in [0.717, 1.165) is 12.6 Å². The fraction of sp³-hybridized carbons (Fsp3) is 0.462. The number of amides is 1. The fourth-order valence-electron chi connectivity index (χ4n) is 1.91. The number of hydrogen-bond donors (Lipinski definition) is 2. The van der Waals surface area contributed by atoms with Gasteiger partial charge in [0.05, 0.1) is 19.6 Å². The Hall–Kier alpha value is -1.53. The molecule has 1 aromatic carbocycles.